The topological polar surface area (TPSA) is 98.2 Å². The fourth-order valence-electron chi connectivity index (χ4n) is 2.94. The van der Waals surface area contributed by atoms with Gasteiger partial charge in [0.15, 0.2) is 0 Å². The molecule has 1 amide bonds. The molecule has 1 aromatic heterocycles. The summed E-state index contributed by atoms with van der Waals surface area (Å²) in [5.41, 5.74) is 4.76. The third-order valence-corrected chi connectivity index (χ3v) is 4.65. The number of aromatic nitrogens is 2. The molecule has 0 radical (unpaired) electrons. The molecule has 0 aliphatic carbocycles. The second-order valence-corrected chi connectivity index (χ2v) is 7.54. The molecule has 0 aliphatic rings. The number of likely N-dealkylation sites (N-methyl/N-ethyl adjacent to an activating group) is 1. The Labute approximate surface area is 199 Å². The van der Waals surface area contributed by atoms with Gasteiger partial charge in [-0.15, -0.1) is 0 Å². The molecular weight excluding hydrogens is 434 g/mol. The van der Waals surface area contributed by atoms with Crippen molar-refractivity contribution in [3.05, 3.63) is 66.1 Å². The van der Waals surface area contributed by atoms with Crippen molar-refractivity contribution >= 4 is 12.1 Å². The minimum absolute atomic E-state index is 0.155. The lowest BCUT2D eigenvalue weighted by molar-refractivity contribution is 0.0950. The van der Waals surface area contributed by atoms with Crippen LogP contribution in [0.3, 0.4) is 0 Å². The van der Waals surface area contributed by atoms with E-state index in [1.54, 1.807) is 25.4 Å². The summed E-state index contributed by atoms with van der Waals surface area (Å²) in [5.74, 6) is 1.58. The van der Waals surface area contributed by atoms with E-state index in [1.165, 1.54) is 12.4 Å². The first-order valence-electron chi connectivity index (χ1n) is 10.8. The number of nitrogens with one attached hydrogen (secondary N) is 1. The number of hydrogen-bond donors (Lipinski definition) is 1. The molecule has 2 aromatic carbocycles. The van der Waals surface area contributed by atoms with Crippen molar-refractivity contribution in [1.29, 1.82) is 0 Å². The number of benzene rings is 2. The predicted octanol–water partition coefficient (Wildman–Crippen LogP) is 3.26. The maximum Gasteiger partial charge on any atom is 0.291 e. The molecule has 0 fully saturated rings. The Bertz CT molecular complexity index is 1120. The number of rotatable bonds is 11. The Kier molecular flexibility index (Phi) is 8.93. The van der Waals surface area contributed by atoms with Crippen LogP contribution in [-0.4, -0.2) is 68.0 Å². The second-order valence-electron chi connectivity index (χ2n) is 7.54. The van der Waals surface area contributed by atoms with Gasteiger partial charge in [-0.3, -0.25) is 9.78 Å². The van der Waals surface area contributed by atoms with Crippen LogP contribution in [0.15, 0.2) is 60.0 Å². The Morgan fingerprint density at radius 2 is 1.82 bits per heavy atom. The lowest BCUT2D eigenvalue weighted by atomic mass is 10.1. The molecule has 9 heteroatoms. The number of hydrogen-bond acceptors (Lipinski definition) is 8. The van der Waals surface area contributed by atoms with Gasteiger partial charge in [0, 0.05) is 23.7 Å². The van der Waals surface area contributed by atoms with Crippen LogP contribution in [-0.2, 0) is 0 Å². The summed E-state index contributed by atoms with van der Waals surface area (Å²) in [5, 5.41) is 4.05. The van der Waals surface area contributed by atoms with Gasteiger partial charge in [0.25, 0.3) is 5.91 Å². The monoisotopic (exact) mass is 463 g/mol. The van der Waals surface area contributed by atoms with E-state index in [4.69, 9.17) is 14.2 Å². The quantitative estimate of drug-likeness (QED) is 0.344. The molecule has 3 aromatic rings. The van der Waals surface area contributed by atoms with E-state index in [0.29, 0.717) is 36.0 Å². The molecule has 0 unspecified atom stereocenters. The molecule has 1 N–H and O–H groups in total. The normalized spacial score (nSPS) is 11.0. The summed E-state index contributed by atoms with van der Waals surface area (Å²) in [6, 6.07) is 12.9. The minimum atomic E-state index is -0.470. The first-order chi connectivity index (χ1) is 16.5. The lowest BCUT2D eigenvalue weighted by Crippen LogP contribution is -2.19. The van der Waals surface area contributed by atoms with Gasteiger partial charge in [0.1, 0.15) is 29.5 Å². The van der Waals surface area contributed by atoms with Gasteiger partial charge in [-0.25, -0.2) is 10.4 Å². The molecule has 0 atom stereocenters. The number of methoxy groups -OCH3 is 1. The maximum atomic E-state index is 12.6. The van der Waals surface area contributed by atoms with Crippen molar-refractivity contribution in [2.75, 3.05) is 41.0 Å². The van der Waals surface area contributed by atoms with Crippen LogP contribution in [0.25, 0.3) is 11.3 Å². The fourth-order valence-corrected chi connectivity index (χ4v) is 2.94. The SMILES string of the molecule is CCOc1ccc(-c2cncc(C(=O)NN=Cc3cc(OC)cc(OCCN(C)C)c3)n2)cc1. The van der Waals surface area contributed by atoms with E-state index in [0.717, 1.165) is 17.9 Å². The molecule has 0 aliphatic heterocycles. The zero-order valence-corrected chi connectivity index (χ0v) is 19.8. The second kappa shape index (κ2) is 12.3. The van der Waals surface area contributed by atoms with E-state index in [1.807, 2.05) is 56.3 Å². The highest BCUT2D eigenvalue weighted by Gasteiger charge is 2.10. The first kappa shape index (κ1) is 24.7. The molecule has 0 bridgehead atoms. The summed E-state index contributed by atoms with van der Waals surface area (Å²) in [6.45, 7) is 3.84. The molecule has 0 saturated heterocycles. The van der Waals surface area contributed by atoms with Gasteiger partial charge in [0.2, 0.25) is 0 Å². The summed E-state index contributed by atoms with van der Waals surface area (Å²) in [4.78, 5) is 23.1. The lowest BCUT2D eigenvalue weighted by Gasteiger charge is -2.12. The molecule has 34 heavy (non-hydrogen) atoms. The number of ether oxygens (including phenoxy) is 3. The van der Waals surface area contributed by atoms with Crippen molar-refractivity contribution < 1.29 is 19.0 Å². The van der Waals surface area contributed by atoms with Crippen molar-refractivity contribution in [1.82, 2.24) is 20.3 Å². The first-order valence-corrected chi connectivity index (χ1v) is 10.8. The van der Waals surface area contributed by atoms with Crippen LogP contribution < -0.4 is 19.6 Å². The molecular formula is C25H29N5O4. The summed E-state index contributed by atoms with van der Waals surface area (Å²) in [7, 11) is 5.54. The molecule has 1 heterocycles. The maximum absolute atomic E-state index is 12.6. The third kappa shape index (κ3) is 7.28. The van der Waals surface area contributed by atoms with Crippen LogP contribution in [0.1, 0.15) is 23.0 Å². The number of amides is 1. The van der Waals surface area contributed by atoms with Crippen LogP contribution in [0.5, 0.6) is 17.2 Å². The van der Waals surface area contributed by atoms with E-state index in [9.17, 15) is 4.79 Å². The molecule has 9 nitrogen and oxygen atoms in total. The highest BCUT2D eigenvalue weighted by molar-refractivity contribution is 5.93. The summed E-state index contributed by atoms with van der Waals surface area (Å²) >= 11 is 0. The zero-order valence-electron chi connectivity index (χ0n) is 19.8. The summed E-state index contributed by atoms with van der Waals surface area (Å²) < 4.78 is 16.6. The smallest absolute Gasteiger partial charge is 0.291 e. The molecule has 0 spiro atoms. The highest BCUT2D eigenvalue weighted by Crippen LogP contribution is 2.22. The van der Waals surface area contributed by atoms with E-state index < -0.39 is 5.91 Å². The molecule has 0 saturated carbocycles. The van der Waals surface area contributed by atoms with Crippen LogP contribution in [0.4, 0.5) is 0 Å². The zero-order chi connectivity index (χ0) is 24.3. The van der Waals surface area contributed by atoms with Gasteiger partial charge >= 0.3 is 0 Å². The average Bonchev–Trinajstić information content (AvgIpc) is 2.84. The predicted molar refractivity (Wildman–Crippen MR) is 131 cm³/mol. The third-order valence-electron chi connectivity index (χ3n) is 4.65. The number of hydrazone groups is 1. The Morgan fingerprint density at radius 3 is 2.53 bits per heavy atom. The largest absolute Gasteiger partial charge is 0.497 e. The van der Waals surface area contributed by atoms with Gasteiger partial charge in [-0.1, -0.05) is 0 Å². The number of carbonyl (C=O) groups excluding carboxylic acids is 1. The fraction of sp³-hybridized carbons (Fsp3) is 0.280. The Balaban J connectivity index is 1.66. The van der Waals surface area contributed by atoms with Gasteiger partial charge in [0.05, 0.1) is 38.0 Å². The van der Waals surface area contributed by atoms with Gasteiger partial charge < -0.3 is 19.1 Å². The Hall–Kier alpha value is -3.98. The minimum Gasteiger partial charge on any atom is -0.497 e. The molecule has 3 rings (SSSR count). The van der Waals surface area contributed by atoms with E-state index in [2.05, 4.69) is 20.5 Å². The van der Waals surface area contributed by atoms with E-state index >= 15 is 0 Å². The van der Waals surface area contributed by atoms with Crippen molar-refractivity contribution in [2.24, 2.45) is 5.10 Å². The van der Waals surface area contributed by atoms with Crippen LogP contribution in [0, 0.1) is 0 Å². The van der Waals surface area contributed by atoms with Crippen molar-refractivity contribution in [3.63, 3.8) is 0 Å². The van der Waals surface area contributed by atoms with Crippen LogP contribution in [0.2, 0.25) is 0 Å². The van der Waals surface area contributed by atoms with Crippen molar-refractivity contribution in [3.8, 4) is 28.5 Å². The summed E-state index contributed by atoms with van der Waals surface area (Å²) in [6.07, 6.45) is 4.51. The van der Waals surface area contributed by atoms with E-state index in [-0.39, 0.29) is 5.69 Å². The average molecular weight is 464 g/mol. The van der Waals surface area contributed by atoms with Crippen LogP contribution >= 0.6 is 0 Å². The van der Waals surface area contributed by atoms with Gasteiger partial charge in [-0.05, 0) is 57.4 Å². The number of nitrogens with zero attached hydrogens (tertiary/aromatic N) is 4. The highest BCUT2D eigenvalue weighted by atomic mass is 16.5. The van der Waals surface area contributed by atoms with Gasteiger partial charge in [-0.2, -0.15) is 5.10 Å². The number of carbonyl (C=O) groups is 1. The Morgan fingerprint density at radius 1 is 1.06 bits per heavy atom. The standard InChI is InChI=1S/C25H29N5O4/c1-5-33-20-8-6-19(7-9-20)23-16-26-17-24(28-23)25(31)29-27-15-18-12-21(32-4)14-22(13-18)34-11-10-30(2)3/h6-9,12-17H,5,10-11H2,1-4H3,(H,29,31). The van der Waals surface area contributed by atoms with Crippen molar-refractivity contribution in [2.45, 2.75) is 6.92 Å². The molecule has 178 valence electrons.